The molecule has 166 valence electrons. The summed E-state index contributed by atoms with van der Waals surface area (Å²) in [4.78, 5) is 27.0. The highest BCUT2D eigenvalue weighted by atomic mass is 16.5. The predicted molar refractivity (Wildman–Crippen MR) is 117 cm³/mol. The first-order valence-electron chi connectivity index (χ1n) is 10.5. The molecule has 0 fully saturated rings. The molecule has 0 radical (unpaired) electrons. The summed E-state index contributed by atoms with van der Waals surface area (Å²) in [7, 11) is 3.19. The topological polar surface area (TPSA) is 77.1 Å². The van der Waals surface area contributed by atoms with E-state index in [0.29, 0.717) is 31.2 Å². The van der Waals surface area contributed by atoms with Crippen LogP contribution in [-0.2, 0) is 27.3 Å². The van der Waals surface area contributed by atoms with Crippen molar-refractivity contribution in [3.63, 3.8) is 0 Å². The van der Waals surface area contributed by atoms with Gasteiger partial charge in [-0.3, -0.25) is 14.5 Å². The van der Waals surface area contributed by atoms with Crippen LogP contribution in [0.3, 0.4) is 0 Å². The summed E-state index contributed by atoms with van der Waals surface area (Å²) in [6.45, 7) is 3.44. The minimum atomic E-state index is -0.287. The molecule has 1 atom stereocenters. The number of fused-ring (bicyclic) bond motifs is 1. The maximum atomic E-state index is 12.7. The molecular weight excluding hydrogens is 396 g/mol. The van der Waals surface area contributed by atoms with Crippen molar-refractivity contribution in [3.05, 3.63) is 59.2 Å². The van der Waals surface area contributed by atoms with E-state index in [1.165, 1.54) is 0 Å². The SMILES string of the molecule is CCOC(=O)C[C@H]1c2cc(OC)c(OC)cc2CCN1CC(=O)NCc1ccccc1. The molecule has 0 spiro atoms. The second-order valence-corrected chi connectivity index (χ2v) is 7.41. The van der Waals surface area contributed by atoms with Gasteiger partial charge in [0.1, 0.15) is 0 Å². The lowest BCUT2D eigenvalue weighted by atomic mass is 9.90. The van der Waals surface area contributed by atoms with Crippen molar-refractivity contribution in [2.24, 2.45) is 0 Å². The van der Waals surface area contributed by atoms with Gasteiger partial charge in [-0.05, 0) is 42.2 Å². The van der Waals surface area contributed by atoms with Gasteiger partial charge in [-0.25, -0.2) is 0 Å². The Morgan fingerprint density at radius 2 is 1.81 bits per heavy atom. The van der Waals surface area contributed by atoms with Gasteiger partial charge >= 0.3 is 5.97 Å². The molecule has 1 amide bonds. The normalized spacial score (nSPS) is 15.6. The third-order valence-electron chi connectivity index (χ3n) is 5.46. The van der Waals surface area contributed by atoms with Crippen molar-refractivity contribution in [1.82, 2.24) is 10.2 Å². The summed E-state index contributed by atoms with van der Waals surface area (Å²) < 4.78 is 16.1. The zero-order chi connectivity index (χ0) is 22.2. The third-order valence-corrected chi connectivity index (χ3v) is 5.46. The van der Waals surface area contributed by atoms with E-state index >= 15 is 0 Å². The predicted octanol–water partition coefficient (Wildman–Crippen LogP) is 2.87. The molecule has 1 N–H and O–H groups in total. The Morgan fingerprint density at radius 3 is 2.48 bits per heavy atom. The van der Waals surface area contributed by atoms with E-state index in [2.05, 4.69) is 5.32 Å². The summed E-state index contributed by atoms with van der Waals surface area (Å²) in [6.07, 6.45) is 0.920. The fourth-order valence-corrected chi connectivity index (χ4v) is 3.92. The van der Waals surface area contributed by atoms with Crippen molar-refractivity contribution >= 4 is 11.9 Å². The Hall–Kier alpha value is -3.06. The van der Waals surface area contributed by atoms with Crippen molar-refractivity contribution in [3.8, 4) is 11.5 Å². The van der Waals surface area contributed by atoms with E-state index in [9.17, 15) is 9.59 Å². The number of nitrogens with zero attached hydrogens (tertiary/aromatic N) is 1. The van der Waals surface area contributed by atoms with Crippen LogP contribution >= 0.6 is 0 Å². The van der Waals surface area contributed by atoms with Gasteiger partial charge in [-0.15, -0.1) is 0 Å². The van der Waals surface area contributed by atoms with Crippen molar-refractivity contribution < 1.29 is 23.8 Å². The molecule has 2 aromatic rings. The van der Waals surface area contributed by atoms with Crippen LogP contribution in [0.5, 0.6) is 11.5 Å². The van der Waals surface area contributed by atoms with E-state index in [0.717, 1.165) is 23.1 Å². The van der Waals surface area contributed by atoms with E-state index in [1.54, 1.807) is 21.1 Å². The number of benzene rings is 2. The lowest BCUT2D eigenvalue weighted by Crippen LogP contribution is -2.43. The molecule has 2 aromatic carbocycles. The van der Waals surface area contributed by atoms with E-state index in [4.69, 9.17) is 14.2 Å². The zero-order valence-electron chi connectivity index (χ0n) is 18.3. The maximum Gasteiger partial charge on any atom is 0.307 e. The highest BCUT2D eigenvalue weighted by Crippen LogP contribution is 2.39. The first kappa shape index (κ1) is 22.6. The molecule has 0 saturated carbocycles. The molecule has 0 aliphatic carbocycles. The van der Waals surface area contributed by atoms with Crippen LogP contribution in [0, 0.1) is 0 Å². The fraction of sp³-hybridized carbons (Fsp3) is 0.417. The quantitative estimate of drug-likeness (QED) is 0.622. The van der Waals surface area contributed by atoms with Gasteiger partial charge in [-0.2, -0.15) is 0 Å². The number of hydrogen-bond acceptors (Lipinski definition) is 6. The fourth-order valence-electron chi connectivity index (χ4n) is 3.92. The number of ether oxygens (including phenoxy) is 3. The zero-order valence-corrected chi connectivity index (χ0v) is 18.3. The molecule has 0 unspecified atom stereocenters. The van der Waals surface area contributed by atoms with E-state index in [-0.39, 0.29) is 30.9 Å². The average molecular weight is 427 g/mol. The first-order chi connectivity index (χ1) is 15.0. The summed E-state index contributed by atoms with van der Waals surface area (Å²) in [5.74, 6) is 0.891. The second kappa shape index (κ2) is 10.8. The molecule has 0 aromatic heterocycles. The highest BCUT2D eigenvalue weighted by molar-refractivity contribution is 5.78. The van der Waals surface area contributed by atoms with Gasteiger partial charge in [0.25, 0.3) is 0 Å². The van der Waals surface area contributed by atoms with Gasteiger partial charge in [0.05, 0.1) is 33.8 Å². The maximum absolute atomic E-state index is 12.7. The molecule has 7 nitrogen and oxygen atoms in total. The Morgan fingerprint density at radius 1 is 1.10 bits per heavy atom. The minimum absolute atomic E-state index is 0.0818. The van der Waals surface area contributed by atoms with Crippen LogP contribution in [0.25, 0.3) is 0 Å². The van der Waals surface area contributed by atoms with E-state index < -0.39 is 0 Å². The smallest absolute Gasteiger partial charge is 0.307 e. The van der Waals surface area contributed by atoms with Gasteiger partial charge in [0.15, 0.2) is 11.5 Å². The monoisotopic (exact) mass is 426 g/mol. The number of esters is 1. The molecule has 31 heavy (non-hydrogen) atoms. The summed E-state index contributed by atoms with van der Waals surface area (Å²) in [5, 5.41) is 2.97. The lowest BCUT2D eigenvalue weighted by Gasteiger charge is -2.37. The number of hydrogen-bond donors (Lipinski definition) is 1. The average Bonchev–Trinajstić information content (AvgIpc) is 2.79. The van der Waals surface area contributed by atoms with Gasteiger partial charge in [0.2, 0.25) is 5.91 Å². The summed E-state index contributed by atoms with van der Waals surface area (Å²) >= 11 is 0. The van der Waals surface area contributed by atoms with Crippen LogP contribution in [0.1, 0.15) is 36.1 Å². The van der Waals surface area contributed by atoms with Gasteiger partial charge < -0.3 is 19.5 Å². The van der Waals surface area contributed by atoms with Gasteiger partial charge in [-0.1, -0.05) is 30.3 Å². The Kier molecular flexibility index (Phi) is 7.89. The highest BCUT2D eigenvalue weighted by Gasteiger charge is 2.32. The number of carbonyl (C=O) groups is 2. The largest absolute Gasteiger partial charge is 0.493 e. The number of rotatable bonds is 9. The Bertz CT molecular complexity index is 900. The standard InChI is InChI=1S/C24H30N2O5/c1-4-31-24(28)14-20-19-13-22(30-3)21(29-2)12-18(19)10-11-26(20)16-23(27)25-15-17-8-6-5-7-9-17/h5-9,12-13,20H,4,10-11,14-16H2,1-3H3,(H,25,27)/t20-/m0/s1. The molecule has 0 bridgehead atoms. The molecule has 3 rings (SSSR count). The molecular formula is C24H30N2O5. The molecule has 0 saturated heterocycles. The number of methoxy groups -OCH3 is 2. The Labute approximate surface area is 183 Å². The molecule has 1 aliphatic heterocycles. The van der Waals surface area contributed by atoms with Crippen LogP contribution in [-0.4, -0.2) is 50.7 Å². The van der Waals surface area contributed by atoms with E-state index in [1.807, 2.05) is 47.4 Å². The number of nitrogens with one attached hydrogen (secondary N) is 1. The van der Waals surface area contributed by atoms with Crippen LogP contribution in [0.4, 0.5) is 0 Å². The van der Waals surface area contributed by atoms with Gasteiger partial charge in [0, 0.05) is 19.1 Å². The van der Waals surface area contributed by atoms with Crippen LogP contribution < -0.4 is 14.8 Å². The first-order valence-corrected chi connectivity index (χ1v) is 10.5. The van der Waals surface area contributed by atoms with Crippen molar-refractivity contribution in [2.75, 3.05) is 33.9 Å². The number of carbonyl (C=O) groups excluding carboxylic acids is 2. The van der Waals surface area contributed by atoms with Crippen LogP contribution in [0.2, 0.25) is 0 Å². The summed E-state index contributed by atoms with van der Waals surface area (Å²) in [5.41, 5.74) is 3.10. The molecule has 7 heteroatoms. The summed E-state index contributed by atoms with van der Waals surface area (Å²) in [6, 6.07) is 13.4. The van der Waals surface area contributed by atoms with Crippen molar-refractivity contribution in [1.29, 1.82) is 0 Å². The molecule has 1 heterocycles. The molecule has 1 aliphatic rings. The van der Waals surface area contributed by atoms with Crippen LogP contribution in [0.15, 0.2) is 42.5 Å². The third kappa shape index (κ3) is 5.76. The number of amides is 1. The Balaban J connectivity index is 1.78. The minimum Gasteiger partial charge on any atom is -0.493 e. The lowest BCUT2D eigenvalue weighted by molar-refractivity contribution is -0.145. The second-order valence-electron chi connectivity index (χ2n) is 7.41. The van der Waals surface area contributed by atoms with Crippen molar-refractivity contribution in [2.45, 2.75) is 32.4 Å².